The summed E-state index contributed by atoms with van der Waals surface area (Å²) in [5.74, 6) is -0.678. The Morgan fingerprint density at radius 1 is 1.46 bits per heavy atom. The van der Waals surface area contributed by atoms with Gasteiger partial charge in [-0.1, -0.05) is 0 Å². The Morgan fingerprint density at radius 3 is 2.81 bits per heavy atom. The van der Waals surface area contributed by atoms with Crippen molar-refractivity contribution in [2.24, 2.45) is 0 Å². The Morgan fingerprint density at radius 2 is 2.19 bits per heavy atom. The molecule has 3 atom stereocenters. The van der Waals surface area contributed by atoms with E-state index in [4.69, 9.17) is 4.74 Å². The van der Waals surface area contributed by atoms with Gasteiger partial charge in [0.15, 0.2) is 12.1 Å². The van der Waals surface area contributed by atoms with Gasteiger partial charge >= 0.3 is 6.09 Å². The van der Waals surface area contributed by atoms with Crippen LogP contribution in [0.1, 0.15) is 18.5 Å². The van der Waals surface area contributed by atoms with Crippen LogP contribution in [0.5, 0.6) is 0 Å². The van der Waals surface area contributed by atoms with E-state index in [0.717, 1.165) is 23.4 Å². The van der Waals surface area contributed by atoms with E-state index in [9.17, 15) is 19.5 Å². The van der Waals surface area contributed by atoms with Crippen LogP contribution in [0, 0.1) is 0 Å². The van der Waals surface area contributed by atoms with Crippen molar-refractivity contribution in [3.05, 3.63) is 16.6 Å². The van der Waals surface area contributed by atoms with Gasteiger partial charge in [0.25, 0.3) is 0 Å². The summed E-state index contributed by atoms with van der Waals surface area (Å²) in [4.78, 5) is 44.3. The second kappa shape index (κ2) is 8.00. The van der Waals surface area contributed by atoms with E-state index in [1.165, 1.54) is 18.4 Å². The Hall–Kier alpha value is -2.20. The standard InChI is InChI=1S/C16H22N4O5S/c1-19-13(12(7-21)25-16(19)24)14(22)18-11(6-10-8-26-9-17-10)15(23)20-4-2-3-5-20/h8-9,11-13,21H,2-7H2,1H3,(H,18,22). The zero-order valence-corrected chi connectivity index (χ0v) is 15.3. The molecule has 0 bridgehead atoms. The Kier molecular flexibility index (Phi) is 5.72. The molecule has 2 fully saturated rings. The van der Waals surface area contributed by atoms with E-state index in [2.05, 4.69) is 10.3 Å². The summed E-state index contributed by atoms with van der Waals surface area (Å²) in [7, 11) is 1.43. The van der Waals surface area contributed by atoms with Crippen molar-refractivity contribution in [1.82, 2.24) is 20.1 Å². The van der Waals surface area contributed by atoms with Gasteiger partial charge in [-0.3, -0.25) is 14.5 Å². The van der Waals surface area contributed by atoms with Gasteiger partial charge < -0.3 is 20.1 Å². The largest absolute Gasteiger partial charge is 0.441 e. The molecule has 3 heterocycles. The number of hydrogen-bond donors (Lipinski definition) is 2. The summed E-state index contributed by atoms with van der Waals surface area (Å²) < 4.78 is 4.97. The van der Waals surface area contributed by atoms with E-state index < -0.39 is 36.8 Å². The van der Waals surface area contributed by atoms with Crippen LogP contribution in [0.15, 0.2) is 10.9 Å². The normalized spacial score (nSPS) is 23.8. The topological polar surface area (TPSA) is 112 Å². The average molecular weight is 382 g/mol. The molecule has 3 unspecified atom stereocenters. The van der Waals surface area contributed by atoms with E-state index in [0.29, 0.717) is 13.1 Å². The first-order valence-electron chi connectivity index (χ1n) is 8.51. The number of cyclic esters (lactones) is 1. The maximum absolute atomic E-state index is 12.8. The molecular formula is C16H22N4O5S. The predicted octanol–water partition coefficient (Wildman–Crippen LogP) is -0.396. The van der Waals surface area contributed by atoms with Crippen LogP contribution in [0.25, 0.3) is 0 Å². The number of aromatic nitrogens is 1. The van der Waals surface area contributed by atoms with Crippen molar-refractivity contribution < 1.29 is 24.2 Å². The molecule has 2 aliphatic rings. The molecule has 1 aromatic rings. The fraction of sp³-hybridized carbons (Fsp3) is 0.625. The number of ether oxygens (including phenoxy) is 1. The minimum absolute atomic E-state index is 0.155. The van der Waals surface area contributed by atoms with Crippen LogP contribution in [-0.4, -0.2) is 82.7 Å². The van der Waals surface area contributed by atoms with E-state index in [1.807, 2.05) is 5.38 Å². The second-order valence-electron chi connectivity index (χ2n) is 6.44. The number of aliphatic hydroxyl groups is 1. The zero-order valence-electron chi connectivity index (χ0n) is 14.5. The summed E-state index contributed by atoms with van der Waals surface area (Å²) in [6.45, 7) is 0.879. The molecule has 26 heavy (non-hydrogen) atoms. The maximum Gasteiger partial charge on any atom is 0.410 e. The lowest BCUT2D eigenvalue weighted by molar-refractivity contribution is -0.137. The molecule has 0 saturated carbocycles. The number of rotatable bonds is 6. The van der Waals surface area contributed by atoms with Crippen LogP contribution in [0.4, 0.5) is 4.79 Å². The van der Waals surface area contributed by atoms with Crippen molar-refractivity contribution in [1.29, 1.82) is 0 Å². The lowest BCUT2D eigenvalue weighted by atomic mass is 10.1. The van der Waals surface area contributed by atoms with Crippen LogP contribution >= 0.6 is 11.3 Å². The number of likely N-dealkylation sites (N-methyl/N-ethyl adjacent to an activating group) is 1. The fourth-order valence-electron chi connectivity index (χ4n) is 3.28. The predicted molar refractivity (Wildman–Crippen MR) is 92.5 cm³/mol. The molecule has 142 valence electrons. The zero-order chi connectivity index (χ0) is 18.7. The molecule has 0 aromatic carbocycles. The van der Waals surface area contributed by atoms with Gasteiger partial charge in [-0.2, -0.15) is 0 Å². The molecular weight excluding hydrogens is 360 g/mol. The number of carbonyl (C=O) groups excluding carboxylic acids is 3. The van der Waals surface area contributed by atoms with Crippen LogP contribution in [0.2, 0.25) is 0 Å². The number of nitrogens with zero attached hydrogens (tertiary/aromatic N) is 3. The Bertz CT molecular complexity index is 662. The van der Waals surface area contributed by atoms with Crippen LogP contribution < -0.4 is 5.32 Å². The first-order chi connectivity index (χ1) is 12.5. The number of carbonyl (C=O) groups is 3. The van der Waals surface area contributed by atoms with Gasteiger partial charge in [0.1, 0.15) is 6.04 Å². The highest BCUT2D eigenvalue weighted by Crippen LogP contribution is 2.19. The summed E-state index contributed by atoms with van der Waals surface area (Å²) in [6.07, 6.45) is 0.548. The van der Waals surface area contributed by atoms with Crippen LogP contribution in [-0.2, 0) is 20.7 Å². The van der Waals surface area contributed by atoms with Gasteiger partial charge in [0, 0.05) is 31.9 Å². The molecule has 0 spiro atoms. The van der Waals surface area contributed by atoms with Gasteiger partial charge in [0.05, 0.1) is 17.8 Å². The van der Waals surface area contributed by atoms with E-state index in [1.54, 1.807) is 10.4 Å². The Balaban J connectivity index is 1.74. The number of likely N-dealkylation sites (tertiary alicyclic amines) is 1. The smallest absolute Gasteiger partial charge is 0.410 e. The number of amides is 3. The highest BCUT2D eigenvalue weighted by Gasteiger charge is 2.45. The number of nitrogens with one attached hydrogen (secondary N) is 1. The maximum atomic E-state index is 12.8. The first kappa shape index (κ1) is 18.6. The Labute approximate surface area is 154 Å². The molecule has 0 aliphatic carbocycles. The van der Waals surface area contributed by atoms with Crippen molar-refractivity contribution in [3.63, 3.8) is 0 Å². The number of hydrogen-bond acceptors (Lipinski definition) is 7. The summed E-state index contributed by atoms with van der Waals surface area (Å²) in [6, 6.07) is -1.75. The lowest BCUT2D eigenvalue weighted by Gasteiger charge is -2.26. The molecule has 2 saturated heterocycles. The highest BCUT2D eigenvalue weighted by atomic mass is 32.1. The second-order valence-corrected chi connectivity index (χ2v) is 7.16. The van der Waals surface area contributed by atoms with Crippen molar-refractivity contribution in [2.45, 2.75) is 37.5 Å². The van der Waals surface area contributed by atoms with Crippen molar-refractivity contribution >= 4 is 29.2 Å². The summed E-state index contributed by atoms with van der Waals surface area (Å²) >= 11 is 1.42. The first-order valence-corrected chi connectivity index (χ1v) is 9.46. The van der Waals surface area contributed by atoms with Gasteiger partial charge in [-0.15, -0.1) is 11.3 Å². The molecule has 3 amide bonds. The third-order valence-electron chi connectivity index (χ3n) is 4.69. The fourth-order valence-corrected chi connectivity index (χ4v) is 3.86. The van der Waals surface area contributed by atoms with Crippen LogP contribution in [0.3, 0.4) is 0 Å². The third kappa shape index (κ3) is 3.80. The minimum atomic E-state index is -0.975. The SMILES string of the molecule is CN1C(=O)OC(CO)C1C(=O)NC(Cc1cscn1)C(=O)N1CCCC1. The molecule has 2 N–H and O–H groups in total. The molecule has 2 aliphatic heterocycles. The van der Waals surface area contributed by atoms with Gasteiger partial charge in [-0.25, -0.2) is 9.78 Å². The molecule has 1 aromatic heterocycles. The monoisotopic (exact) mass is 382 g/mol. The lowest BCUT2D eigenvalue weighted by Crippen LogP contribution is -2.55. The summed E-state index contributed by atoms with van der Waals surface area (Å²) in [5.41, 5.74) is 2.40. The molecule has 10 heteroatoms. The molecule has 9 nitrogen and oxygen atoms in total. The van der Waals surface area contributed by atoms with E-state index in [-0.39, 0.29) is 12.3 Å². The molecule has 0 radical (unpaired) electrons. The quantitative estimate of drug-likeness (QED) is 0.693. The average Bonchev–Trinajstić information content (AvgIpc) is 3.36. The third-order valence-corrected chi connectivity index (χ3v) is 5.32. The number of aliphatic hydroxyl groups excluding tert-OH is 1. The van der Waals surface area contributed by atoms with Gasteiger partial charge in [-0.05, 0) is 12.8 Å². The number of thiazole rings is 1. The van der Waals surface area contributed by atoms with Crippen molar-refractivity contribution in [2.75, 3.05) is 26.7 Å². The highest BCUT2D eigenvalue weighted by molar-refractivity contribution is 7.07. The minimum Gasteiger partial charge on any atom is -0.441 e. The molecule has 3 rings (SSSR count). The van der Waals surface area contributed by atoms with Crippen molar-refractivity contribution in [3.8, 4) is 0 Å². The van der Waals surface area contributed by atoms with Gasteiger partial charge in [0.2, 0.25) is 11.8 Å². The summed E-state index contributed by atoms with van der Waals surface area (Å²) in [5, 5.41) is 13.9. The van der Waals surface area contributed by atoms with E-state index >= 15 is 0 Å².